The second-order valence-corrected chi connectivity index (χ2v) is 8.15. The van der Waals surface area contributed by atoms with E-state index in [0.29, 0.717) is 5.65 Å². The lowest BCUT2D eigenvalue weighted by Gasteiger charge is -2.19. The van der Waals surface area contributed by atoms with E-state index in [1.807, 2.05) is 31.2 Å². The van der Waals surface area contributed by atoms with Crippen LogP contribution in [0.4, 0.5) is 0 Å². The summed E-state index contributed by atoms with van der Waals surface area (Å²) in [6.07, 6.45) is 1.52. The Bertz CT molecular complexity index is 1290. The minimum Gasteiger partial charge on any atom is -0.496 e. The summed E-state index contributed by atoms with van der Waals surface area (Å²) in [5.41, 5.74) is 6.98. The molecule has 1 aliphatic rings. The van der Waals surface area contributed by atoms with Crippen molar-refractivity contribution in [1.82, 2.24) is 19.5 Å². The number of fused-ring (bicyclic) bond motifs is 2. The molecule has 0 amide bonds. The number of benzene rings is 2. The van der Waals surface area contributed by atoms with Crippen LogP contribution in [0.1, 0.15) is 22.5 Å². The molecule has 2 aromatic carbocycles. The third kappa shape index (κ3) is 3.75. The van der Waals surface area contributed by atoms with Crippen LogP contribution in [0.5, 0.6) is 5.75 Å². The Kier molecular flexibility index (Phi) is 5.08. The van der Waals surface area contributed by atoms with Gasteiger partial charge < -0.3 is 4.74 Å². The molecule has 0 aliphatic carbocycles. The van der Waals surface area contributed by atoms with Gasteiger partial charge in [0.1, 0.15) is 5.75 Å². The van der Waals surface area contributed by atoms with Crippen LogP contribution in [-0.4, -0.2) is 39.7 Å². The average molecular weight is 415 g/mol. The number of para-hydroxylation sites is 1. The second kappa shape index (κ2) is 8.04. The van der Waals surface area contributed by atoms with Gasteiger partial charge in [0.05, 0.1) is 12.8 Å². The van der Waals surface area contributed by atoms with Gasteiger partial charge in [0.25, 0.3) is 5.56 Å². The Morgan fingerprint density at radius 1 is 1.06 bits per heavy atom. The van der Waals surface area contributed by atoms with Gasteiger partial charge in [-0.3, -0.25) is 14.8 Å². The fraction of sp³-hybridized carbons (Fsp3) is 0.280. The topological polar surface area (TPSA) is 62.6 Å². The van der Waals surface area contributed by atoms with Gasteiger partial charge in [0.15, 0.2) is 5.65 Å². The van der Waals surface area contributed by atoms with E-state index in [0.717, 1.165) is 66.3 Å². The van der Waals surface area contributed by atoms with Gasteiger partial charge >= 0.3 is 0 Å². The third-order valence-corrected chi connectivity index (χ3v) is 6.04. The lowest BCUT2D eigenvalue weighted by atomic mass is 10.0. The highest BCUT2D eigenvalue weighted by Crippen LogP contribution is 2.29. The summed E-state index contributed by atoms with van der Waals surface area (Å²) in [5, 5.41) is 3.09. The highest BCUT2D eigenvalue weighted by Gasteiger charge is 2.20. The molecule has 31 heavy (non-hydrogen) atoms. The van der Waals surface area contributed by atoms with E-state index in [-0.39, 0.29) is 5.56 Å². The van der Waals surface area contributed by atoms with Crippen molar-refractivity contribution >= 4 is 5.65 Å². The molecule has 1 aliphatic heterocycles. The number of aromatic nitrogens is 3. The number of nitrogens with zero attached hydrogens (tertiary/aromatic N) is 3. The highest BCUT2D eigenvalue weighted by molar-refractivity contribution is 5.70. The number of hydrogen-bond acceptors (Lipinski definition) is 4. The first-order valence-electron chi connectivity index (χ1n) is 10.7. The highest BCUT2D eigenvalue weighted by atomic mass is 16.5. The molecule has 0 atom stereocenters. The molecule has 0 spiro atoms. The van der Waals surface area contributed by atoms with Crippen molar-refractivity contribution < 1.29 is 4.74 Å². The zero-order valence-electron chi connectivity index (χ0n) is 17.9. The average Bonchev–Trinajstić information content (AvgIpc) is 3.05. The SMILES string of the molecule is COc1ccccc1-c1ccc(CN2CCc3nc4cc(C)[nH]n4c(=O)c3CC2)cc1. The molecule has 5 rings (SSSR count). The molecular weight excluding hydrogens is 388 g/mol. The number of nitrogens with one attached hydrogen (secondary N) is 1. The summed E-state index contributed by atoms with van der Waals surface area (Å²) in [6.45, 7) is 4.55. The van der Waals surface area contributed by atoms with E-state index in [1.54, 1.807) is 11.6 Å². The smallest absolute Gasteiger partial charge is 0.276 e. The van der Waals surface area contributed by atoms with Gasteiger partial charge in [-0.05, 0) is 30.5 Å². The van der Waals surface area contributed by atoms with E-state index < -0.39 is 0 Å². The van der Waals surface area contributed by atoms with Crippen molar-refractivity contribution in [3.63, 3.8) is 0 Å². The van der Waals surface area contributed by atoms with E-state index in [1.165, 1.54) is 5.56 Å². The molecule has 6 heteroatoms. The molecule has 0 unspecified atom stereocenters. The zero-order valence-corrected chi connectivity index (χ0v) is 17.9. The predicted molar refractivity (Wildman–Crippen MR) is 122 cm³/mol. The predicted octanol–water partition coefficient (Wildman–Crippen LogP) is 3.61. The lowest BCUT2D eigenvalue weighted by Crippen LogP contribution is -2.26. The van der Waals surface area contributed by atoms with Gasteiger partial charge in [-0.15, -0.1) is 0 Å². The molecule has 0 radical (unpaired) electrons. The number of ether oxygens (including phenoxy) is 1. The maximum atomic E-state index is 12.9. The van der Waals surface area contributed by atoms with E-state index in [9.17, 15) is 4.79 Å². The largest absolute Gasteiger partial charge is 0.496 e. The van der Waals surface area contributed by atoms with Crippen molar-refractivity contribution in [2.75, 3.05) is 20.2 Å². The van der Waals surface area contributed by atoms with Gasteiger partial charge in [0.2, 0.25) is 0 Å². The molecular formula is C25H26N4O2. The minimum atomic E-state index is 0.0381. The number of hydrogen-bond donors (Lipinski definition) is 1. The minimum absolute atomic E-state index is 0.0381. The summed E-state index contributed by atoms with van der Waals surface area (Å²) >= 11 is 0. The van der Waals surface area contributed by atoms with Crippen LogP contribution in [0, 0.1) is 6.92 Å². The Morgan fingerprint density at radius 3 is 2.65 bits per heavy atom. The first kappa shape index (κ1) is 19.6. The van der Waals surface area contributed by atoms with Crippen LogP contribution in [0.2, 0.25) is 0 Å². The van der Waals surface area contributed by atoms with Crippen LogP contribution in [0.3, 0.4) is 0 Å². The first-order chi connectivity index (χ1) is 15.1. The maximum Gasteiger partial charge on any atom is 0.276 e. The normalized spacial score (nSPS) is 14.4. The van der Waals surface area contributed by atoms with E-state index in [4.69, 9.17) is 9.72 Å². The molecule has 0 fully saturated rings. The number of rotatable bonds is 4. The van der Waals surface area contributed by atoms with Gasteiger partial charge in [-0.1, -0.05) is 42.5 Å². The fourth-order valence-corrected chi connectivity index (χ4v) is 4.42. The molecule has 0 saturated carbocycles. The zero-order chi connectivity index (χ0) is 21.4. The van der Waals surface area contributed by atoms with Crippen LogP contribution >= 0.6 is 0 Å². The first-order valence-corrected chi connectivity index (χ1v) is 10.7. The van der Waals surface area contributed by atoms with Crippen molar-refractivity contribution in [3.8, 4) is 16.9 Å². The molecule has 1 N–H and O–H groups in total. The molecule has 0 saturated heterocycles. The summed E-state index contributed by atoms with van der Waals surface area (Å²) in [4.78, 5) is 20.1. The Morgan fingerprint density at radius 2 is 1.84 bits per heavy atom. The van der Waals surface area contributed by atoms with Crippen molar-refractivity contribution in [2.24, 2.45) is 0 Å². The number of methoxy groups -OCH3 is 1. The van der Waals surface area contributed by atoms with Gasteiger partial charge in [-0.25, -0.2) is 9.50 Å². The molecule has 3 heterocycles. The Labute approximate surface area is 181 Å². The third-order valence-electron chi connectivity index (χ3n) is 6.04. The lowest BCUT2D eigenvalue weighted by molar-refractivity contribution is 0.279. The molecule has 158 valence electrons. The quantitative estimate of drug-likeness (QED) is 0.554. The monoisotopic (exact) mass is 414 g/mol. The van der Waals surface area contributed by atoms with Crippen molar-refractivity contribution in [2.45, 2.75) is 26.3 Å². The van der Waals surface area contributed by atoms with Gasteiger partial charge in [-0.2, -0.15) is 0 Å². The van der Waals surface area contributed by atoms with Gasteiger partial charge in [0, 0.05) is 48.9 Å². The molecule has 2 aromatic heterocycles. The summed E-state index contributed by atoms with van der Waals surface area (Å²) < 4.78 is 7.06. The fourth-order valence-electron chi connectivity index (χ4n) is 4.42. The van der Waals surface area contributed by atoms with Crippen molar-refractivity contribution in [1.29, 1.82) is 0 Å². The van der Waals surface area contributed by atoms with Crippen molar-refractivity contribution in [3.05, 3.63) is 87.5 Å². The van der Waals surface area contributed by atoms with E-state index in [2.05, 4.69) is 40.3 Å². The summed E-state index contributed by atoms with van der Waals surface area (Å²) in [6, 6.07) is 18.7. The van der Waals surface area contributed by atoms with Crippen LogP contribution < -0.4 is 10.3 Å². The van der Waals surface area contributed by atoms with Crippen LogP contribution in [-0.2, 0) is 19.4 Å². The molecule has 0 bridgehead atoms. The molecule has 4 aromatic rings. The Hall–Kier alpha value is -3.38. The number of H-pyrrole nitrogens is 1. The maximum absolute atomic E-state index is 12.9. The number of aromatic amines is 1. The standard InChI is InChI=1S/C25H26N4O2/c1-17-15-24-26-22-12-14-28(13-11-21(22)25(30)29(24)27-17)16-18-7-9-19(10-8-18)20-5-3-4-6-23(20)31-2/h3-10,15,27H,11-14,16H2,1-2H3. The van der Waals surface area contributed by atoms with Crippen LogP contribution in [0.15, 0.2) is 59.4 Å². The Balaban J connectivity index is 1.32. The number of aryl methyl sites for hydroxylation is 1. The second-order valence-electron chi connectivity index (χ2n) is 8.15. The van der Waals surface area contributed by atoms with Crippen LogP contribution in [0.25, 0.3) is 16.8 Å². The van der Waals surface area contributed by atoms with E-state index >= 15 is 0 Å². The molecule has 6 nitrogen and oxygen atoms in total. The summed E-state index contributed by atoms with van der Waals surface area (Å²) in [7, 11) is 1.70. The summed E-state index contributed by atoms with van der Waals surface area (Å²) in [5.74, 6) is 0.880.